The summed E-state index contributed by atoms with van der Waals surface area (Å²) in [7, 11) is 0. The topological polar surface area (TPSA) is 140 Å². The number of benzene rings is 1. The van der Waals surface area contributed by atoms with E-state index < -0.39 is 35.8 Å². The number of ether oxygens (including phenoxy) is 1. The lowest BCUT2D eigenvalue weighted by atomic mass is 10.0. The molecule has 158 valence electrons. The molecule has 1 saturated heterocycles. The lowest BCUT2D eigenvalue weighted by Crippen LogP contribution is -2.51. The molecule has 1 aromatic carbocycles. The van der Waals surface area contributed by atoms with Crippen LogP contribution in [0.15, 0.2) is 47.4 Å². The number of rotatable bonds is 6. The minimum atomic E-state index is -1.26. The van der Waals surface area contributed by atoms with E-state index in [9.17, 15) is 19.2 Å². The molecule has 10 nitrogen and oxygen atoms in total. The van der Waals surface area contributed by atoms with Crippen LogP contribution in [0.4, 0.5) is 4.79 Å². The highest BCUT2D eigenvalue weighted by Gasteiger charge is 2.32. The molecule has 1 aliphatic rings. The number of amides is 3. The Bertz CT molecular complexity index is 884. The largest absolute Gasteiger partial charge is 0.451 e. The average molecular weight is 414 g/mol. The molecule has 3 N–H and O–H groups in total. The number of nitrogens with zero attached hydrogens (tertiary/aromatic N) is 1. The van der Waals surface area contributed by atoms with Gasteiger partial charge in [0.2, 0.25) is 11.7 Å². The second-order valence-corrected chi connectivity index (χ2v) is 6.73. The normalized spacial score (nSPS) is 17.8. The summed E-state index contributed by atoms with van der Waals surface area (Å²) in [5.41, 5.74) is 0.910. The van der Waals surface area contributed by atoms with E-state index in [-0.39, 0.29) is 12.3 Å². The summed E-state index contributed by atoms with van der Waals surface area (Å²) in [4.78, 5) is 53.0. The van der Waals surface area contributed by atoms with Gasteiger partial charge in [0.25, 0.3) is 5.91 Å². The van der Waals surface area contributed by atoms with Gasteiger partial charge in [-0.05, 0) is 24.8 Å². The van der Waals surface area contributed by atoms with E-state index in [1.807, 2.05) is 18.2 Å². The van der Waals surface area contributed by atoms with Crippen LogP contribution in [0.5, 0.6) is 0 Å². The Balaban J connectivity index is 1.65. The summed E-state index contributed by atoms with van der Waals surface area (Å²) < 4.78 is 10.1. The van der Waals surface area contributed by atoms with Crippen molar-refractivity contribution in [2.75, 3.05) is 6.54 Å². The molecule has 0 spiro atoms. The number of hydrogen-bond acceptors (Lipinski definition) is 7. The second-order valence-electron chi connectivity index (χ2n) is 6.73. The third-order valence-corrected chi connectivity index (χ3v) is 4.55. The first kappa shape index (κ1) is 21.0. The Kier molecular flexibility index (Phi) is 7.14. The lowest BCUT2D eigenvalue weighted by Gasteiger charge is -2.22. The van der Waals surface area contributed by atoms with Gasteiger partial charge in [-0.15, -0.1) is 0 Å². The van der Waals surface area contributed by atoms with Crippen LogP contribution in [0.1, 0.15) is 36.6 Å². The molecule has 2 atom stereocenters. The van der Waals surface area contributed by atoms with Gasteiger partial charge in [0, 0.05) is 6.54 Å². The first-order chi connectivity index (χ1) is 14.5. The summed E-state index contributed by atoms with van der Waals surface area (Å²) in [5, 5.41) is 7.46. The summed E-state index contributed by atoms with van der Waals surface area (Å²) in [6.07, 6.45) is 3.14. The highest BCUT2D eigenvalue weighted by Crippen LogP contribution is 2.14. The van der Waals surface area contributed by atoms with E-state index in [1.165, 1.54) is 6.26 Å². The van der Waals surface area contributed by atoms with Crippen LogP contribution in [0.2, 0.25) is 0 Å². The van der Waals surface area contributed by atoms with Crippen molar-refractivity contribution < 1.29 is 28.3 Å². The van der Waals surface area contributed by atoms with Crippen molar-refractivity contribution in [2.24, 2.45) is 0 Å². The summed E-state index contributed by atoms with van der Waals surface area (Å²) >= 11 is 0. The van der Waals surface area contributed by atoms with Gasteiger partial charge in [-0.2, -0.15) is 0 Å². The molecule has 1 aliphatic heterocycles. The van der Waals surface area contributed by atoms with Crippen molar-refractivity contribution in [2.45, 2.75) is 38.0 Å². The molecule has 2 heterocycles. The molecule has 30 heavy (non-hydrogen) atoms. The van der Waals surface area contributed by atoms with E-state index in [0.29, 0.717) is 25.8 Å². The fraction of sp³-hybridized carbons (Fsp3) is 0.350. The number of alkyl carbamates (subject to hydrolysis) is 1. The smallest absolute Gasteiger partial charge is 0.408 e. The van der Waals surface area contributed by atoms with Gasteiger partial charge in [-0.25, -0.2) is 9.78 Å². The van der Waals surface area contributed by atoms with Crippen LogP contribution < -0.4 is 16.0 Å². The number of ketones is 1. The fourth-order valence-corrected chi connectivity index (χ4v) is 2.97. The SMILES string of the molecule is O=C(NC(C(=O)NC1CCCCNC(=O)C1=O)c1cocn1)OCc1ccccc1. The summed E-state index contributed by atoms with van der Waals surface area (Å²) in [6.45, 7) is 0.433. The molecule has 10 heteroatoms. The summed E-state index contributed by atoms with van der Waals surface area (Å²) in [6, 6.07) is 6.80. The van der Waals surface area contributed by atoms with Gasteiger partial charge < -0.3 is 25.1 Å². The van der Waals surface area contributed by atoms with Gasteiger partial charge >= 0.3 is 6.09 Å². The molecular weight excluding hydrogens is 392 g/mol. The van der Waals surface area contributed by atoms with Crippen LogP contribution in [-0.4, -0.2) is 41.3 Å². The molecule has 1 aromatic heterocycles. The van der Waals surface area contributed by atoms with Crippen LogP contribution in [0, 0.1) is 0 Å². The highest BCUT2D eigenvalue weighted by molar-refractivity contribution is 6.38. The highest BCUT2D eigenvalue weighted by atomic mass is 16.5. The molecular formula is C20H22N4O6. The average Bonchev–Trinajstić information content (AvgIpc) is 3.28. The molecule has 3 rings (SSSR count). The van der Waals surface area contributed by atoms with E-state index in [2.05, 4.69) is 20.9 Å². The number of Topliss-reactive ketones (excluding diaryl/α,β-unsaturated/α-hetero) is 1. The first-order valence-corrected chi connectivity index (χ1v) is 9.52. The number of aromatic nitrogens is 1. The predicted octanol–water partition coefficient (Wildman–Crippen LogP) is 0.996. The Labute approximate surface area is 172 Å². The Hall–Kier alpha value is -3.69. The van der Waals surface area contributed by atoms with E-state index >= 15 is 0 Å². The van der Waals surface area contributed by atoms with E-state index in [4.69, 9.17) is 9.15 Å². The van der Waals surface area contributed by atoms with Crippen molar-refractivity contribution in [3.05, 3.63) is 54.2 Å². The van der Waals surface area contributed by atoms with Gasteiger partial charge in [0.1, 0.15) is 18.6 Å². The lowest BCUT2D eigenvalue weighted by molar-refractivity contribution is -0.140. The van der Waals surface area contributed by atoms with E-state index in [0.717, 1.165) is 12.0 Å². The van der Waals surface area contributed by atoms with Crippen molar-refractivity contribution in [1.82, 2.24) is 20.9 Å². The quantitative estimate of drug-likeness (QED) is 0.599. The molecule has 0 saturated carbocycles. The second kappa shape index (κ2) is 10.2. The van der Waals surface area contributed by atoms with Gasteiger partial charge in [0.15, 0.2) is 12.4 Å². The fourth-order valence-electron chi connectivity index (χ4n) is 2.97. The zero-order valence-electron chi connectivity index (χ0n) is 16.1. The minimum absolute atomic E-state index is 0.0150. The zero-order chi connectivity index (χ0) is 21.3. The monoisotopic (exact) mass is 414 g/mol. The van der Waals surface area contributed by atoms with Crippen molar-refractivity contribution in [3.63, 3.8) is 0 Å². The van der Waals surface area contributed by atoms with Gasteiger partial charge in [0.05, 0.1) is 6.04 Å². The van der Waals surface area contributed by atoms with E-state index in [1.54, 1.807) is 12.1 Å². The van der Waals surface area contributed by atoms with Crippen molar-refractivity contribution >= 4 is 23.7 Å². The predicted molar refractivity (Wildman–Crippen MR) is 103 cm³/mol. The molecule has 1 fully saturated rings. The van der Waals surface area contributed by atoms with Crippen molar-refractivity contribution in [3.8, 4) is 0 Å². The minimum Gasteiger partial charge on any atom is -0.451 e. The Morgan fingerprint density at radius 2 is 2.03 bits per heavy atom. The Morgan fingerprint density at radius 1 is 1.23 bits per heavy atom. The number of nitrogens with one attached hydrogen (secondary N) is 3. The number of carbonyl (C=O) groups excluding carboxylic acids is 4. The van der Waals surface area contributed by atoms with Gasteiger partial charge in [-0.3, -0.25) is 14.4 Å². The molecule has 2 aromatic rings. The third kappa shape index (κ3) is 5.66. The molecule has 2 unspecified atom stereocenters. The molecule has 0 aliphatic carbocycles. The van der Waals surface area contributed by atoms with Crippen LogP contribution >= 0.6 is 0 Å². The van der Waals surface area contributed by atoms with Crippen LogP contribution in [0.25, 0.3) is 0 Å². The maximum Gasteiger partial charge on any atom is 0.408 e. The number of oxazole rings is 1. The summed E-state index contributed by atoms with van der Waals surface area (Å²) in [5.74, 6) is -2.17. The zero-order valence-corrected chi connectivity index (χ0v) is 16.1. The first-order valence-electron chi connectivity index (χ1n) is 9.52. The maximum atomic E-state index is 12.8. The number of carbonyl (C=O) groups is 4. The standard InChI is InChI=1S/C20H22N4O6/c25-17-14(8-4-5-9-21-19(17)27)23-18(26)16(15-11-29-12-22-15)24-20(28)30-10-13-6-2-1-3-7-13/h1-3,6-7,11-12,14,16H,4-5,8-10H2,(H,21,27)(H,23,26)(H,24,28). The van der Waals surface area contributed by atoms with Crippen LogP contribution in [0.3, 0.4) is 0 Å². The van der Waals surface area contributed by atoms with Gasteiger partial charge in [-0.1, -0.05) is 30.3 Å². The molecule has 3 amide bonds. The van der Waals surface area contributed by atoms with Crippen molar-refractivity contribution in [1.29, 1.82) is 0 Å². The molecule has 0 radical (unpaired) electrons. The Morgan fingerprint density at radius 3 is 2.77 bits per heavy atom. The van der Waals surface area contributed by atoms with Crippen LogP contribution in [-0.2, 0) is 25.7 Å². The number of hydrogen-bond donors (Lipinski definition) is 3. The molecule has 0 bridgehead atoms. The third-order valence-electron chi connectivity index (χ3n) is 4.55. The maximum absolute atomic E-state index is 12.8.